The number of hydrogen-bond acceptors (Lipinski definition) is 3. The van der Waals surface area contributed by atoms with Gasteiger partial charge in [-0.05, 0) is 12.1 Å². The first-order chi connectivity index (χ1) is 7.42. The topological polar surface area (TPSA) is 42.4 Å². The fourth-order valence-electron chi connectivity index (χ4n) is 1.39. The first kappa shape index (κ1) is 9.74. The van der Waals surface area contributed by atoms with Crippen molar-refractivity contribution in [1.82, 2.24) is 4.98 Å². The summed E-state index contributed by atoms with van der Waals surface area (Å²) in [5.41, 5.74) is 1.72. The van der Waals surface area contributed by atoms with E-state index in [0.717, 1.165) is 11.3 Å². The number of benzene rings is 1. The lowest BCUT2D eigenvalue weighted by Crippen LogP contribution is -2.01. The van der Waals surface area contributed by atoms with Crippen LogP contribution in [0.3, 0.4) is 0 Å². The van der Waals surface area contributed by atoms with Crippen LogP contribution in [-0.4, -0.2) is 17.7 Å². The Hall–Kier alpha value is -1.81. The average molecular weight is 199 g/mol. The smallest absolute Gasteiger partial charge is 0.504 e. The third-order valence-corrected chi connectivity index (χ3v) is 2.04. The number of nitrogens with zero attached hydrogens (tertiary/aromatic N) is 1. The van der Waals surface area contributed by atoms with Gasteiger partial charge in [0, 0.05) is 11.8 Å². The molecule has 1 aromatic heterocycles. The molecular weight excluding hydrogens is 189 g/mol. The quantitative estimate of drug-likeness (QED) is 0.759. The van der Waals surface area contributed by atoms with Gasteiger partial charge in [0.1, 0.15) is 11.4 Å². The SMILES string of the molecule is OBOc1cccnc1-c1ccccc1. The molecule has 1 aromatic carbocycles. The van der Waals surface area contributed by atoms with E-state index in [-0.39, 0.29) is 7.69 Å². The summed E-state index contributed by atoms with van der Waals surface area (Å²) in [6.45, 7) is 0. The van der Waals surface area contributed by atoms with Gasteiger partial charge >= 0.3 is 7.69 Å². The van der Waals surface area contributed by atoms with E-state index >= 15 is 0 Å². The second kappa shape index (κ2) is 4.62. The third kappa shape index (κ3) is 2.17. The first-order valence-corrected chi connectivity index (χ1v) is 4.66. The Labute approximate surface area is 88.7 Å². The van der Waals surface area contributed by atoms with E-state index < -0.39 is 0 Å². The van der Waals surface area contributed by atoms with Crippen LogP contribution in [0.4, 0.5) is 0 Å². The number of hydrogen-bond donors (Lipinski definition) is 1. The summed E-state index contributed by atoms with van der Waals surface area (Å²) in [4.78, 5) is 4.23. The highest BCUT2D eigenvalue weighted by atomic mass is 16.5. The molecular formula is C11H10BNO2. The zero-order valence-corrected chi connectivity index (χ0v) is 8.13. The highest BCUT2D eigenvalue weighted by molar-refractivity contribution is 6.17. The van der Waals surface area contributed by atoms with Crippen LogP contribution >= 0.6 is 0 Å². The van der Waals surface area contributed by atoms with Crippen LogP contribution in [0.5, 0.6) is 5.75 Å². The number of rotatable bonds is 3. The second-order valence-electron chi connectivity index (χ2n) is 2.99. The van der Waals surface area contributed by atoms with Gasteiger partial charge in [-0.1, -0.05) is 30.3 Å². The molecule has 0 bridgehead atoms. The van der Waals surface area contributed by atoms with Crippen molar-refractivity contribution in [1.29, 1.82) is 0 Å². The molecule has 2 rings (SSSR count). The molecule has 0 aliphatic rings. The molecule has 0 aliphatic heterocycles. The molecule has 0 aliphatic carbocycles. The average Bonchev–Trinajstić information content (AvgIpc) is 2.31. The minimum Gasteiger partial charge on any atom is -0.537 e. The van der Waals surface area contributed by atoms with Gasteiger partial charge in [-0.25, -0.2) is 0 Å². The van der Waals surface area contributed by atoms with Gasteiger partial charge in [0.2, 0.25) is 0 Å². The van der Waals surface area contributed by atoms with Crippen molar-refractivity contribution >= 4 is 7.69 Å². The predicted molar refractivity (Wildman–Crippen MR) is 59.7 cm³/mol. The number of pyridine rings is 1. The fourth-order valence-corrected chi connectivity index (χ4v) is 1.39. The molecule has 0 fully saturated rings. The summed E-state index contributed by atoms with van der Waals surface area (Å²) in [5, 5.41) is 8.74. The van der Waals surface area contributed by atoms with Gasteiger partial charge in [0.25, 0.3) is 0 Å². The Morgan fingerprint density at radius 1 is 1.07 bits per heavy atom. The molecule has 0 amide bonds. The summed E-state index contributed by atoms with van der Waals surface area (Å²) < 4.78 is 5.08. The summed E-state index contributed by atoms with van der Waals surface area (Å²) in [7, 11) is -0.342. The van der Waals surface area contributed by atoms with Crippen molar-refractivity contribution in [3.8, 4) is 17.0 Å². The van der Waals surface area contributed by atoms with E-state index in [0.29, 0.717) is 5.75 Å². The maximum atomic E-state index is 8.74. The van der Waals surface area contributed by atoms with Crippen molar-refractivity contribution in [2.24, 2.45) is 0 Å². The molecule has 74 valence electrons. The third-order valence-electron chi connectivity index (χ3n) is 2.04. The minimum atomic E-state index is -0.342. The Morgan fingerprint density at radius 3 is 2.60 bits per heavy atom. The molecule has 1 heterocycles. The summed E-state index contributed by atoms with van der Waals surface area (Å²) in [5.74, 6) is 0.589. The molecule has 0 atom stereocenters. The van der Waals surface area contributed by atoms with Crippen LogP contribution in [0.2, 0.25) is 0 Å². The lowest BCUT2D eigenvalue weighted by molar-refractivity contribution is 0.453. The van der Waals surface area contributed by atoms with Crippen molar-refractivity contribution in [2.75, 3.05) is 0 Å². The van der Waals surface area contributed by atoms with Crippen LogP contribution in [0, 0.1) is 0 Å². The number of aromatic nitrogens is 1. The monoisotopic (exact) mass is 199 g/mol. The molecule has 2 aromatic rings. The molecule has 0 unspecified atom stereocenters. The first-order valence-electron chi connectivity index (χ1n) is 4.66. The van der Waals surface area contributed by atoms with Gasteiger partial charge < -0.3 is 9.68 Å². The zero-order valence-electron chi connectivity index (χ0n) is 8.13. The van der Waals surface area contributed by atoms with Gasteiger partial charge in [-0.15, -0.1) is 0 Å². The molecule has 0 saturated heterocycles. The van der Waals surface area contributed by atoms with Gasteiger partial charge in [0.15, 0.2) is 0 Å². The summed E-state index contributed by atoms with van der Waals surface area (Å²) in [6.07, 6.45) is 1.70. The Kier molecular flexibility index (Phi) is 3.00. The fraction of sp³-hybridized carbons (Fsp3) is 0. The van der Waals surface area contributed by atoms with Crippen LogP contribution in [0.25, 0.3) is 11.3 Å². The van der Waals surface area contributed by atoms with E-state index in [1.807, 2.05) is 30.3 Å². The van der Waals surface area contributed by atoms with Gasteiger partial charge in [-0.3, -0.25) is 4.98 Å². The molecule has 0 saturated carbocycles. The van der Waals surface area contributed by atoms with Crippen LogP contribution < -0.4 is 4.65 Å². The Balaban J connectivity index is 2.43. The van der Waals surface area contributed by atoms with Crippen molar-refractivity contribution in [3.63, 3.8) is 0 Å². The normalized spacial score (nSPS) is 9.67. The lowest BCUT2D eigenvalue weighted by atomic mass is 10.1. The van der Waals surface area contributed by atoms with Gasteiger partial charge in [0.05, 0.1) is 0 Å². The summed E-state index contributed by atoms with van der Waals surface area (Å²) in [6, 6.07) is 13.3. The van der Waals surface area contributed by atoms with Gasteiger partial charge in [-0.2, -0.15) is 0 Å². The highest BCUT2D eigenvalue weighted by Gasteiger charge is 2.05. The van der Waals surface area contributed by atoms with Crippen LogP contribution in [0.15, 0.2) is 48.7 Å². The zero-order chi connectivity index (χ0) is 10.5. The van der Waals surface area contributed by atoms with E-state index in [4.69, 9.17) is 9.68 Å². The maximum Gasteiger partial charge on any atom is 0.504 e. The molecule has 3 nitrogen and oxygen atoms in total. The van der Waals surface area contributed by atoms with E-state index in [1.54, 1.807) is 18.3 Å². The largest absolute Gasteiger partial charge is 0.537 e. The molecule has 0 spiro atoms. The molecule has 1 N–H and O–H groups in total. The predicted octanol–water partition coefficient (Wildman–Crippen LogP) is 1.39. The molecule has 0 radical (unpaired) electrons. The molecule has 15 heavy (non-hydrogen) atoms. The van der Waals surface area contributed by atoms with Crippen molar-refractivity contribution < 1.29 is 9.68 Å². The van der Waals surface area contributed by atoms with Crippen molar-refractivity contribution in [3.05, 3.63) is 48.7 Å². The van der Waals surface area contributed by atoms with Crippen LogP contribution in [-0.2, 0) is 0 Å². The second-order valence-corrected chi connectivity index (χ2v) is 2.99. The Bertz CT molecular complexity index is 434. The van der Waals surface area contributed by atoms with Crippen molar-refractivity contribution in [2.45, 2.75) is 0 Å². The van der Waals surface area contributed by atoms with Crippen LogP contribution in [0.1, 0.15) is 0 Å². The maximum absolute atomic E-state index is 8.74. The highest BCUT2D eigenvalue weighted by Crippen LogP contribution is 2.26. The Morgan fingerprint density at radius 2 is 1.87 bits per heavy atom. The van der Waals surface area contributed by atoms with E-state index in [2.05, 4.69) is 4.98 Å². The summed E-state index contributed by atoms with van der Waals surface area (Å²) >= 11 is 0. The standard InChI is InChI=1S/C11H10BNO2/c14-12-15-10-7-4-8-13-11(10)9-5-2-1-3-6-9/h1-8,12,14H. The molecule has 4 heteroatoms. The van der Waals surface area contributed by atoms with E-state index in [9.17, 15) is 0 Å². The van der Waals surface area contributed by atoms with E-state index in [1.165, 1.54) is 0 Å². The minimum absolute atomic E-state index is 0.342. The lowest BCUT2D eigenvalue weighted by Gasteiger charge is -2.07.